The number of aromatic nitrogens is 2. The molecule has 1 aromatic carbocycles. The maximum Gasteiger partial charge on any atom is 0.271 e. The van der Waals surface area contributed by atoms with Gasteiger partial charge in [0.25, 0.3) is 5.82 Å². The Morgan fingerprint density at radius 2 is 1.89 bits per heavy atom. The minimum absolute atomic E-state index is 0.0198. The monoisotopic (exact) mass is 414 g/mol. The van der Waals surface area contributed by atoms with Gasteiger partial charge in [0.05, 0.1) is 46.1 Å². The first-order chi connectivity index (χ1) is 13.4. The number of ether oxygens (including phenoxy) is 3. The molecule has 158 valence electrons. The molecule has 2 aromatic rings. The molecule has 0 saturated heterocycles. The number of hydrogen-bond donors (Lipinski definition) is 2. The van der Waals surface area contributed by atoms with E-state index in [9.17, 15) is 4.57 Å². The predicted molar refractivity (Wildman–Crippen MR) is 109 cm³/mol. The molecular weight excluding hydrogens is 381 g/mol. The van der Waals surface area contributed by atoms with Crippen LogP contribution >= 0.6 is 7.14 Å². The Morgan fingerprint density at radius 1 is 1.18 bits per heavy atom. The smallest absolute Gasteiger partial charge is 0.271 e. The van der Waals surface area contributed by atoms with Crippen LogP contribution in [-0.4, -0.2) is 62.4 Å². The van der Waals surface area contributed by atoms with Crippen molar-refractivity contribution in [1.82, 2.24) is 4.57 Å². The second kappa shape index (κ2) is 10.9. The summed E-state index contributed by atoms with van der Waals surface area (Å²) in [7, 11) is -2.24. The molecule has 2 rings (SSSR count). The summed E-state index contributed by atoms with van der Waals surface area (Å²) >= 11 is 0. The van der Waals surface area contributed by atoms with Crippen LogP contribution < -0.4 is 15.0 Å². The van der Waals surface area contributed by atoms with E-state index in [1.807, 2.05) is 18.2 Å². The lowest BCUT2D eigenvalue weighted by atomic mass is 10.3. The maximum absolute atomic E-state index is 11.9. The standard InChI is InChI=1S/C19H33N3O5P/c1-4-21-18-13-16(27-15-28(2,3)24)5-6-17(18)22(19(21)14-20)7-9-25-11-12-26-10-8-23/h5-6,13,23H,4,7-12,14-15,20H2,1-3H3/q+1. The van der Waals surface area contributed by atoms with Gasteiger partial charge in [-0.1, -0.05) is 0 Å². The maximum atomic E-state index is 11.9. The summed E-state index contributed by atoms with van der Waals surface area (Å²) in [6.07, 6.45) is 0.223. The van der Waals surface area contributed by atoms with Crippen LogP contribution in [0.2, 0.25) is 0 Å². The van der Waals surface area contributed by atoms with Gasteiger partial charge in [-0.05, 0) is 32.4 Å². The molecule has 0 fully saturated rings. The number of rotatable bonds is 13. The van der Waals surface area contributed by atoms with E-state index in [0.29, 0.717) is 45.3 Å². The average molecular weight is 414 g/mol. The Labute approximate surface area is 166 Å². The molecule has 0 atom stereocenters. The lowest BCUT2D eigenvalue weighted by molar-refractivity contribution is -0.681. The first-order valence-corrected chi connectivity index (χ1v) is 12.4. The van der Waals surface area contributed by atoms with Gasteiger partial charge in [0.1, 0.15) is 25.8 Å². The van der Waals surface area contributed by atoms with Crippen molar-refractivity contribution in [2.75, 3.05) is 52.7 Å². The van der Waals surface area contributed by atoms with Gasteiger partial charge < -0.3 is 29.6 Å². The Morgan fingerprint density at radius 3 is 2.50 bits per heavy atom. The van der Waals surface area contributed by atoms with Crippen molar-refractivity contribution in [3.63, 3.8) is 0 Å². The van der Waals surface area contributed by atoms with Crippen LogP contribution in [0, 0.1) is 0 Å². The van der Waals surface area contributed by atoms with E-state index in [4.69, 9.17) is 25.1 Å². The SMILES string of the molecule is CCn1c(CN)[n+](CCOCCOCCO)c2ccc(OCP(C)(C)=O)cc21. The molecular formula is C19H33N3O5P+. The normalized spacial score (nSPS) is 12.0. The lowest BCUT2D eigenvalue weighted by Crippen LogP contribution is -2.41. The van der Waals surface area contributed by atoms with Crippen LogP contribution in [0.5, 0.6) is 5.75 Å². The molecule has 0 radical (unpaired) electrons. The zero-order chi connectivity index (χ0) is 20.6. The van der Waals surface area contributed by atoms with Crippen molar-refractivity contribution in [3.8, 4) is 5.75 Å². The second-order valence-corrected chi connectivity index (χ2v) is 10.4. The van der Waals surface area contributed by atoms with Gasteiger partial charge in [0.15, 0.2) is 11.0 Å². The second-order valence-electron chi connectivity index (χ2n) is 6.96. The molecule has 0 aliphatic carbocycles. The molecule has 1 aromatic heterocycles. The molecule has 1 heterocycles. The minimum Gasteiger partial charge on any atom is -0.486 e. The van der Waals surface area contributed by atoms with Crippen molar-refractivity contribution in [1.29, 1.82) is 0 Å². The molecule has 0 spiro atoms. The number of fused-ring (bicyclic) bond motifs is 1. The van der Waals surface area contributed by atoms with Gasteiger partial charge in [-0.3, -0.25) is 0 Å². The molecule has 0 saturated carbocycles. The van der Waals surface area contributed by atoms with E-state index in [2.05, 4.69) is 16.1 Å². The molecule has 28 heavy (non-hydrogen) atoms. The van der Waals surface area contributed by atoms with E-state index in [0.717, 1.165) is 23.4 Å². The number of imidazole rings is 1. The predicted octanol–water partition coefficient (Wildman–Crippen LogP) is 1.39. The van der Waals surface area contributed by atoms with Gasteiger partial charge in [0, 0.05) is 6.07 Å². The molecule has 0 aliphatic rings. The first kappa shape index (κ1) is 22.8. The number of benzene rings is 1. The third-order valence-corrected chi connectivity index (χ3v) is 5.01. The van der Waals surface area contributed by atoms with E-state index in [1.54, 1.807) is 13.3 Å². The topological polar surface area (TPSA) is 99.8 Å². The highest BCUT2D eigenvalue weighted by molar-refractivity contribution is 7.62. The number of hydrogen-bond acceptors (Lipinski definition) is 6. The van der Waals surface area contributed by atoms with Crippen molar-refractivity contribution in [2.45, 2.75) is 26.6 Å². The van der Waals surface area contributed by atoms with E-state index >= 15 is 0 Å². The van der Waals surface area contributed by atoms with Gasteiger partial charge >= 0.3 is 0 Å². The number of nitrogens with two attached hydrogens (primary N) is 1. The molecule has 0 amide bonds. The fourth-order valence-electron chi connectivity index (χ4n) is 3.06. The highest BCUT2D eigenvalue weighted by Crippen LogP contribution is 2.36. The van der Waals surface area contributed by atoms with Crippen LogP contribution in [0.3, 0.4) is 0 Å². The number of aryl methyl sites for hydroxylation is 1. The average Bonchev–Trinajstić information content (AvgIpc) is 2.97. The highest BCUT2D eigenvalue weighted by Gasteiger charge is 2.23. The van der Waals surface area contributed by atoms with E-state index in [1.165, 1.54) is 0 Å². The van der Waals surface area contributed by atoms with Crippen molar-refractivity contribution >= 4 is 18.2 Å². The van der Waals surface area contributed by atoms with Gasteiger partial charge in [-0.2, -0.15) is 0 Å². The number of aliphatic hydroxyl groups excluding tert-OH is 1. The van der Waals surface area contributed by atoms with Crippen LogP contribution in [-0.2, 0) is 33.7 Å². The quantitative estimate of drug-likeness (QED) is 0.292. The fraction of sp³-hybridized carbons (Fsp3) is 0.632. The number of aliphatic hydroxyl groups is 1. The molecule has 3 N–H and O–H groups in total. The lowest BCUT2D eigenvalue weighted by Gasteiger charge is -2.09. The molecule has 0 unspecified atom stereocenters. The largest absolute Gasteiger partial charge is 0.486 e. The summed E-state index contributed by atoms with van der Waals surface area (Å²) in [5.41, 5.74) is 8.13. The fourth-order valence-corrected chi connectivity index (χ4v) is 3.52. The summed E-state index contributed by atoms with van der Waals surface area (Å²) < 4.78 is 32.8. The summed E-state index contributed by atoms with van der Waals surface area (Å²) in [6.45, 7) is 9.23. The zero-order valence-corrected chi connectivity index (χ0v) is 18.0. The molecule has 9 heteroatoms. The summed E-state index contributed by atoms with van der Waals surface area (Å²) in [4.78, 5) is 0. The Balaban J connectivity index is 2.14. The van der Waals surface area contributed by atoms with E-state index < -0.39 is 7.14 Å². The van der Waals surface area contributed by atoms with Gasteiger partial charge in [0.2, 0.25) is 0 Å². The van der Waals surface area contributed by atoms with Crippen molar-refractivity contribution < 1.29 is 28.4 Å². The van der Waals surface area contributed by atoms with Crippen LogP contribution in [0.4, 0.5) is 0 Å². The summed E-state index contributed by atoms with van der Waals surface area (Å²) in [5.74, 6) is 1.73. The zero-order valence-electron chi connectivity index (χ0n) is 17.1. The third-order valence-electron chi connectivity index (χ3n) is 4.26. The van der Waals surface area contributed by atoms with Crippen molar-refractivity contribution in [2.24, 2.45) is 5.73 Å². The van der Waals surface area contributed by atoms with Gasteiger partial charge in [-0.15, -0.1) is 0 Å². The summed E-state index contributed by atoms with van der Waals surface area (Å²) in [5, 5.41) is 8.69. The van der Waals surface area contributed by atoms with Crippen LogP contribution in [0.25, 0.3) is 11.0 Å². The van der Waals surface area contributed by atoms with Crippen LogP contribution in [0.1, 0.15) is 12.7 Å². The number of nitrogens with zero attached hydrogens (tertiary/aromatic N) is 2. The van der Waals surface area contributed by atoms with Crippen LogP contribution in [0.15, 0.2) is 18.2 Å². The minimum atomic E-state index is -2.24. The Kier molecular flexibility index (Phi) is 8.92. The Bertz CT molecular complexity index is 802. The Hall–Kier alpha value is -1.44. The van der Waals surface area contributed by atoms with Gasteiger partial charge in [-0.25, -0.2) is 9.13 Å². The van der Waals surface area contributed by atoms with Crippen molar-refractivity contribution in [3.05, 3.63) is 24.0 Å². The highest BCUT2D eigenvalue weighted by atomic mass is 31.2. The van der Waals surface area contributed by atoms with E-state index in [-0.39, 0.29) is 13.0 Å². The molecule has 0 bridgehead atoms. The first-order valence-electron chi connectivity index (χ1n) is 9.59. The molecule has 8 nitrogen and oxygen atoms in total. The summed E-state index contributed by atoms with van der Waals surface area (Å²) in [6, 6.07) is 5.89. The third kappa shape index (κ3) is 6.29. The molecule has 0 aliphatic heterocycles.